The van der Waals surface area contributed by atoms with Crippen LogP contribution in [0.25, 0.3) is 10.6 Å². The van der Waals surface area contributed by atoms with Gasteiger partial charge in [-0.3, -0.25) is 14.6 Å². The lowest BCUT2D eigenvalue weighted by Gasteiger charge is -2.14. The van der Waals surface area contributed by atoms with Gasteiger partial charge in [-0.2, -0.15) is 0 Å². The molecule has 2 aliphatic rings. The maximum Gasteiger partial charge on any atom is 0.289 e. The van der Waals surface area contributed by atoms with E-state index in [1.165, 1.54) is 80.9 Å². The van der Waals surface area contributed by atoms with E-state index >= 15 is 0 Å². The maximum absolute atomic E-state index is 11.3. The lowest BCUT2D eigenvalue weighted by molar-refractivity contribution is -0.114. The number of likely N-dealkylation sites (tertiary alicyclic amines) is 1. The Bertz CT molecular complexity index is 1190. The van der Waals surface area contributed by atoms with Gasteiger partial charge < -0.3 is 15.4 Å². The van der Waals surface area contributed by atoms with Gasteiger partial charge in [-0.1, -0.05) is 29.3 Å². The number of aromatic nitrogens is 1. The minimum atomic E-state index is -0.987. The average molecular weight is 547 g/mol. The molecule has 1 aliphatic heterocycles. The summed E-state index contributed by atoms with van der Waals surface area (Å²) >= 11 is 13.5. The highest BCUT2D eigenvalue weighted by molar-refractivity contribution is 7.19. The first-order valence-electron chi connectivity index (χ1n) is 12.1. The van der Waals surface area contributed by atoms with Gasteiger partial charge in [0, 0.05) is 11.8 Å². The van der Waals surface area contributed by atoms with Crippen molar-refractivity contribution in [2.75, 3.05) is 19.6 Å². The van der Waals surface area contributed by atoms with Gasteiger partial charge in [0.05, 0.1) is 26.0 Å². The van der Waals surface area contributed by atoms with Crippen LogP contribution in [-0.2, 0) is 11.2 Å². The number of nitrogens with zero attached hydrogens (tertiary/aromatic N) is 2. The zero-order valence-electron chi connectivity index (χ0n) is 19.9. The van der Waals surface area contributed by atoms with Gasteiger partial charge in [0.1, 0.15) is 5.75 Å². The van der Waals surface area contributed by atoms with Crippen molar-refractivity contribution in [2.24, 2.45) is 5.73 Å². The van der Waals surface area contributed by atoms with Crippen molar-refractivity contribution < 1.29 is 14.3 Å². The molecule has 2 N–H and O–H groups in total. The molecule has 0 unspecified atom stereocenters. The number of rotatable bonds is 9. The summed E-state index contributed by atoms with van der Waals surface area (Å²) < 4.78 is 6.42. The van der Waals surface area contributed by atoms with Crippen molar-refractivity contribution in [3.05, 3.63) is 69.1 Å². The Morgan fingerprint density at radius 3 is 2.44 bits per heavy atom. The number of hydrogen-bond donors (Lipinski definition) is 1. The molecule has 2 aromatic heterocycles. The zero-order valence-corrected chi connectivity index (χ0v) is 22.2. The number of benzene rings is 1. The topological polar surface area (TPSA) is 85.5 Å². The molecule has 3 heterocycles. The van der Waals surface area contributed by atoms with Crippen LogP contribution in [0.3, 0.4) is 0 Å². The molecule has 190 valence electrons. The van der Waals surface area contributed by atoms with Crippen LogP contribution < -0.4 is 10.5 Å². The van der Waals surface area contributed by atoms with Crippen LogP contribution in [0.5, 0.6) is 5.75 Å². The molecular formula is C27H29Cl2N3O3S. The van der Waals surface area contributed by atoms with Gasteiger partial charge in [-0.25, -0.2) is 0 Å². The molecule has 1 aliphatic carbocycles. The Hall–Kier alpha value is -2.45. The molecule has 1 aromatic carbocycles. The molecule has 0 spiro atoms. The second kappa shape index (κ2) is 12.7. The number of carbonyl (C=O) groups excluding carboxylic acids is 2. The first-order valence-corrected chi connectivity index (χ1v) is 13.7. The number of aryl methyl sites for hydroxylation is 1. The molecule has 36 heavy (non-hydrogen) atoms. The predicted octanol–water partition coefficient (Wildman–Crippen LogP) is 6.04. The van der Waals surface area contributed by atoms with Gasteiger partial charge in [0.15, 0.2) is 0 Å². The fraction of sp³-hybridized carbons (Fsp3) is 0.370. The number of ketones is 1. The third kappa shape index (κ3) is 7.77. The first-order chi connectivity index (χ1) is 17.4. The molecule has 1 saturated carbocycles. The Labute approximate surface area is 225 Å². The van der Waals surface area contributed by atoms with Crippen LogP contribution in [0.2, 0.25) is 9.36 Å². The fourth-order valence-corrected chi connectivity index (χ4v) is 5.21. The van der Waals surface area contributed by atoms with E-state index in [4.69, 9.17) is 33.7 Å². The molecular weight excluding hydrogens is 517 g/mol. The number of primary amides is 1. The number of hydrogen-bond acceptors (Lipinski definition) is 6. The number of halogens is 2. The number of Topliss-reactive ketones (excluding diaryl/α,β-unsaturated/α-hetero) is 1. The predicted molar refractivity (Wildman–Crippen MR) is 145 cm³/mol. The summed E-state index contributed by atoms with van der Waals surface area (Å²) in [5, 5.41) is 0.769. The Balaban J connectivity index is 0.000000170. The first kappa shape index (κ1) is 26.6. The molecule has 1 amide bonds. The summed E-state index contributed by atoms with van der Waals surface area (Å²) in [6.07, 6.45) is 9.17. The standard InChI is InChI=1S/C16H22ClNO.C11H7ClN2O2S/c17-15-12-13(4-3-11-18-9-1-2-10-18)5-8-16(15)19-14-6-7-14;12-9-4-3-8(17-9)7-2-1-6(5-14-7)10(15)11(13)16/h5,8,12,14H,1-4,6-7,9-11H2;1-5H,(H2,13,16). The van der Waals surface area contributed by atoms with Crippen LogP contribution >= 0.6 is 34.5 Å². The van der Waals surface area contributed by atoms with Crippen LogP contribution in [-0.4, -0.2) is 47.3 Å². The average Bonchev–Trinajstić information content (AvgIpc) is 3.33. The van der Waals surface area contributed by atoms with Crippen molar-refractivity contribution in [3.8, 4) is 16.3 Å². The molecule has 3 aromatic rings. The highest BCUT2D eigenvalue weighted by Gasteiger charge is 2.24. The van der Waals surface area contributed by atoms with Crippen LogP contribution in [0, 0.1) is 0 Å². The van der Waals surface area contributed by atoms with E-state index in [1.807, 2.05) is 12.1 Å². The minimum Gasteiger partial charge on any atom is -0.489 e. The van der Waals surface area contributed by atoms with E-state index < -0.39 is 11.7 Å². The Morgan fingerprint density at radius 1 is 1.08 bits per heavy atom. The molecule has 9 heteroatoms. The summed E-state index contributed by atoms with van der Waals surface area (Å²) in [6, 6.07) is 13.0. The third-order valence-corrected chi connectivity index (χ3v) is 7.58. The van der Waals surface area contributed by atoms with Gasteiger partial charge in [-0.05, 0) is 100 Å². The minimum absolute atomic E-state index is 0.184. The van der Waals surface area contributed by atoms with Gasteiger partial charge >= 0.3 is 0 Å². The summed E-state index contributed by atoms with van der Waals surface area (Å²) in [7, 11) is 0. The molecule has 2 fully saturated rings. The van der Waals surface area contributed by atoms with Crippen LogP contribution in [0.1, 0.15) is 48.0 Å². The zero-order chi connectivity index (χ0) is 25.5. The quantitative estimate of drug-likeness (QED) is 0.261. The number of nitrogens with two attached hydrogens (primary N) is 1. The highest BCUT2D eigenvalue weighted by atomic mass is 35.5. The second-order valence-electron chi connectivity index (χ2n) is 8.96. The van der Waals surface area contributed by atoms with Crippen molar-refractivity contribution in [1.29, 1.82) is 0 Å². The second-order valence-corrected chi connectivity index (χ2v) is 11.1. The number of ether oxygens (including phenoxy) is 1. The smallest absolute Gasteiger partial charge is 0.289 e. The number of pyridine rings is 1. The number of carbonyl (C=O) groups is 2. The van der Waals surface area contributed by atoms with Gasteiger partial charge in [0.2, 0.25) is 0 Å². The van der Waals surface area contributed by atoms with E-state index in [2.05, 4.69) is 22.0 Å². The summed E-state index contributed by atoms with van der Waals surface area (Å²) in [4.78, 5) is 29.5. The van der Waals surface area contributed by atoms with Crippen molar-refractivity contribution in [3.63, 3.8) is 0 Å². The monoisotopic (exact) mass is 545 g/mol. The molecule has 6 nitrogen and oxygen atoms in total. The van der Waals surface area contributed by atoms with Crippen molar-refractivity contribution in [1.82, 2.24) is 9.88 Å². The molecule has 5 rings (SSSR count). The molecule has 0 radical (unpaired) electrons. The molecule has 0 atom stereocenters. The number of amides is 1. The Morgan fingerprint density at radius 2 is 1.86 bits per heavy atom. The van der Waals surface area contributed by atoms with Crippen LogP contribution in [0.4, 0.5) is 0 Å². The van der Waals surface area contributed by atoms with E-state index in [9.17, 15) is 9.59 Å². The van der Waals surface area contributed by atoms with Gasteiger partial charge in [0.25, 0.3) is 11.7 Å². The maximum atomic E-state index is 11.3. The molecule has 0 bridgehead atoms. The normalized spacial score (nSPS) is 15.3. The summed E-state index contributed by atoms with van der Waals surface area (Å²) in [6.45, 7) is 3.79. The molecule has 1 saturated heterocycles. The van der Waals surface area contributed by atoms with Crippen molar-refractivity contribution in [2.45, 2.75) is 44.6 Å². The van der Waals surface area contributed by atoms with Gasteiger partial charge in [-0.15, -0.1) is 11.3 Å². The van der Waals surface area contributed by atoms with E-state index in [0.29, 0.717) is 16.1 Å². The SMILES string of the molecule is Clc1cc(CCCN2CCCC2)ccc1OC1CC1.NC(=O)C(=O)c1ccc(-c2ccc(Cl)s2)nc1. The summed E-state index contributed by atoms with van der Waals surface area (Å²) in [5.74, 6) is -0.876. The van der Waals surface area contributed by atoms with Crippen LogP contribution in [0.15, 0.2) is 48.7 Å². The fourth-order valence-electron chi connectivity index (χ4n) is 3.94. The lowest BCUT2D eigenvalue weighted by Crippen LogP contribution is -2.23. The van der Waals surface area contributed by atoms with E-state index in [1.54, 1.807) is 12.1 Å². The highest BCUT2D eigenvalue weighted by Crippen LogP contribution is 2.32. The lowest BCUT2D eigenvalue weighted by atomic mass is 10.1. The number of thiophene rings is 1. The largest absolute Gasteiger partial charge is 0.489 e. The summed E-state index contributed by atoms with van der Waals surface area (Å²) in [5.41, 5.74) is 7.10. The van der Waals surface area contributed by atoms with E-state index in [-0.39, 0.29) is 5.56 Å². The third-order valence-electron chi connectivity index (χ3n) is 6.03. The Kier molecular flexibility index (Phi) is 9.37. The van der Waals surface area contributed by atoms with E-state index in [0.717, 1.165) is 22.1 Å². The van der Waals surface area contributed by atoms with Crippen molar-refractivity contribution >= 4 is 46.2 Å².